The van der Waals surface area contributed by atoms with Gasteiger partial charge >= 0.3 is 0 Å². The van der Waals surface area contributed by atoms with E-state index < -0.39 is 0 Å². The summed E-state index contributed by atoms with van der Waals surface area (Å²) in [6.07, 6.45) is 0.891. The first-order chi connectivity index (χ1) is 12.2. The molecule has 26 heavy (non-hydrogen) atoms. The monoisotopic (exact) mass is 375 g/mol. The molecule has 0 aliphatic heterocycles. The maximum absolute atomic E-state index is 12.5. The predicted octanol–water partition coefficient (Wildman–Crippen LogP) is 3.29. The first-order valence-electron chi connectivity index (χ1n) is 8.86. The predicted molar refractivity (Wildman–Crippen MR) is 106 cm³/mol. The molecule has 1 heterocycles. The second-order valence-electron chi connectivity index (χ2n) is 7.88. The molecule has 0 fully saturated rings. The number of rotatable bonds is 7. The zero-order valence-corrected chi connectivity index (χ0v) is 17.0. The highest BCUT2D eigenvalue weighted by Crippen LogP contribution is 2.24. The molecule has 1 amide bonds. The van der Waals surface area contributed by atoms with Crippen molar-refractivity contribution in [1.82, 2.24) is 20.2 Å². The quantitative estimate of drug-likeness (QED) is 0.573. The number of hydrogen-bond acceptors (Lipinski definition) is 5. The molecule has 1 aromatic carbocycles. The lowest BCUT2D eigenvalue weighted by atomic mass is 9.96. The Bertz CT molecular complexity index is 721. The van der Waals surface area contributed by atoms with Crippen molar-refractivity contribution in [2.45, 2.75) is 57.7 Å². The van der Waals surface area contributed by atoms with Gasteiger partial charge in [-0.15, -0.1) is 10.2 Å². The van der Waals surface area contributed by atoms with Gasteiger partial charge in [-0.05, 0) is 17.9 Å². The number of nitrogens with zero attached hydrogens (tertiary/aromatic N) is 3. The topological polar surface area (TPSA) is 85.8 Å². The van der Waals surface area contributed by atoms with Crippen molar-refractivity contribution in [3.63, 3.8) is 0 Å². The number of benzene rings is 1. The van der Waals surface area contributed by atoms with Crippen molar-refractivity contribution in [3.8, 4) is 0 Å². The molecule has 0 saturated heterocycles. The van der Waals surface area contributed by atoms with Crippen molar-refractivity contribution in [2.75, 3.05) is 11.6 Å². The molecule has 0 saturated carbocycles. The van der Waals surface area contributed by atoms with E-state index in [4.69, 9.17) is 5.84 Å². The fourth-order valence-corrected chi connectivity index (χ4v) is 3.36. The minimum Gasteiger partial charge on any atom is -0.349 e. The molecule has 2 aromatic rings. The van der Waals surface area contributed by atoms with E-state index in [1.807, 2.05) is 51.1 Å². The van der Waals surface area contributed by atoms with Gasteiger partial charge in [0.2, 0.25) is 11.1 Å². The number of carbonyl (C=O) groups is 1. The Kier molecular flexibility index (Phi) is 6.69. The lowest BCUT2D eigenvalue weighted by Crippen LogP contribution is -2.31. The maximum Gasteiger partial charge on any atom is 0.230 e. The summed E-state index contributed by atoms with van der Waals surface area (Å²) < 4.78 is 1.47. The van der Waals surface area contributed by atoms with Crippen molar-refractivity contribution < 1.29 is 4.79 Å². The summed E-state index contributed by atoms with van der Waals surface area (Å²) in [5.74, 6) is 7.46. The Morgan fingerprint density at radius 3 is 2.42 bits per heavy atom. The summed E-state index contributed by atoms with van der Waals surface area (Å²) in [6.45, 7) is 10.4. The normalized spacial score (nSPS) is 13.0. The van der Waals surface area contributed by atoms with Crippen LogP contribution in [-0.4, -0.2) is 26.5 Å². The van der Waals surface area contributed by atoms with Crippen LogP contribution in [0.4, 0.5) is 0 Å². The smallest absolute Gasteiger partial charge is 0.230 e. The molecule has 0 spiro atoms. The zero-order chi connectivity index (χ0) is 19.3. The summed E-state index contributed by atoms with van der Waals surface area (Å²) in [6, 6.07) is 10.1. The Morgan fingerprint density at radius 2 is 1.88 bits per heavy atom. The summed E-state index contributed by atoms with van der Waals surface area (Å²) in [7, 11) is 0. The Balaban J connectivity index is 2.00. The van der Waals surface area contributed by atoms with Gasteiger partial charge in [-0.3, -0.25) is 4.79 Å². The second kappa shape index (κ2) is 8.58. The van der Waals surface area contributed by atoms with Crippen LogP contribution in [0.25, 0.3) is 0 Å². The van der Waals surface area contributed by atoms with Crippen LogP contribution in [0.5, 0.6) is 0 Å². The highest BCUT2D eigenvalue weighted by Gasteiger charge is 2.23. The van der Waals surface area contributed by atoms with Crippen LogP contribution in [0.2, 0.25) is 0 Å². The molecular formula is C19H29N5OS. The van der Waals surface area contributed by atoms with Crippen LogP contribution in [0, 0.1) is 5.92 Å². The molecule has 0 aliphatic carbocycles. The van der Waals surface area contributed by atoms with E-state index in [-0.39, 0.29) is 23.1 Å². The lowest BCUT2D eigenvalue weighted by molar-refractivity contribution is -0.119. The molecule has 0 radical (unpaired) electrons. The molecule has 3 N–H and O–H groups in total. The van der Waals surface area contributed by atoms with E-state index >= 15 is 0 Å². The third-order valence-electron chi connectivity index (χ3n) is 3.91. The molecule has 7 heteroatoms. The summed E-state index contributed by atoms with van der Waals surface area (Å²) in [5, 5.41) is 11.9. The van der Waals surface area contributed by atoms with Crippen LogP contribution < -0.4 is 11.2 Å². The van der Waals surface area contributed by atoms with Gasteiger partial charge in [-0.2, -0.15) is 0 Å². The van der Waals surface area contributed by atoms with E-state index in [2.05, 4.69) is 29.4 Å². The fraction of sp³-hybridized carbons (Fsp3) is 0.526. The third-order valence-corrected chi connectivity index (χ3v) is 4.86. The molecule has 6 nitrogen and oxygen atoms in total. The van der Waals surface area contributed by atoms with Crippen molar-refractivity contribution in [3.05, 3.63) is 41.7 Å². The molecule has 1 atom stereocenters. The average Bonchev–Trinajstić information content (AvgIpc) is 2.94. The number of nitrogens with one attached hydrogen (secondary N) is 1. The van der Waals surface area contributed by atoms with Crippen LogP contribution in [-0.2, 0) is 10.2 Å². The van der Waals surface area contributed by atoms with E-state index in [0.29, 0.717) is 16.9 Å². The second-order valence-corrected chi connectivity index (χ2v) is 8.82. The maximum atomic E-state index is 12.5. The standard InChI is InChI=1S/C19H29N5OS/c1-13(2)11-15(14-9-7-6-8-10-14)21-16(25)12-26-18-23-22-17(24(18)20)19(3,4)5/h6-10,13,15H,11-12,20H2,1-5H3,(H,21,25). The number of nitrogen functional groups attached to an aromatic ring is 1. The zero-order valence-electron chi connectivity index (χ0n) is 16.2. The largest absolute Gasteiger partial charge is 0.349 e. The number of thioether (sulfide) groups is 1. The lowest BCUT2D eigenvalue weighted by Gasteiger charge is -2.21. The first-order valence-corrected chi connectivity index (χ1v) is 9.85. The van der Waals surface area contributed by atoms with Gasteiger partial charge in [0.25, 0.3) is 0 Å². The van der Waals surface area contributed by atoms with Crippen LogP contribution in [0.1, 0.15) is 58.5 Å². The molecule has 142 valence electrons. The highest BCUT2D eigenvalue weighted by atomic mass is 32.2. The molecule has 0 aliphatic rings. The minimum absolute atomic E-state index is 0.00480. The average molecular weight is 376 g/mol. The summed E-state index contributed by atoms with van der Waals surface area (Å²) in [4.78, 5) is 12.5. The van der Waals surface area contributed by atoms with E-state index in [0.717, 1.165) is 12.0 Å². The van der Waals surface area contributed by atoms with Crippen molar-refractivity contribution >= 4 is 17.7 Å². The first kappa shape index (κ1) is 20.3. The van der Waals surface area contributed by atoms with Gasteiger partial charge in [-0.25, -0.2) is 4.68 Å². The third kappa shape index (κ3) is 5.49. The van der Waals surface area contributed by atoms with Gasteiger partial charge in [0.1, 0.15) is 0 Å². The molecule has 1 unspecified atom stereocenters. The van der Waals surface area contributed by atoms with Gasteiger partial charge in [0.15, 0.2) is 5.82 Å². The summed E-state index contributed by atoms with van der Waals surface area (Å²) in [5.41, 5.74) is 0.926. The molecule has 2 rings (SSSR count). The van der Waals surface area contributed by atoms with E-state index in [9.17, 15) is 4.79 Å². The SMILES string of the molecule is CC(C)CC(NC(=O)CSc1nnc(C(C)(C)C)n1N)c1ccccc1. The van der Waals surface area contributed by atoms with Crippen molar-refractivity contribution in [1.29, 1.82) is 0 Å². The van der Waals surface area contributed by atoms with E-state index in [1.54, 1.807) is 0 Å². The number of carbonyl (C=O) groups excluding carboxylic acids is 1. The number of nitrogens with two attached hydrogens (primary N) is 1. The van der Waals surface area contributed by atoms with E-state index in [1.165, 1.54) is 16.4 Å². The van der Waals surface area contributed by atoms with Crippen molar-refractivity contribution in [2.24, 2.45) is 5.92 Å². The van der Waals surface area contributed by atoms with Gasteiger partial charge in [0.05, 0.1) is 11.8 Å². The van der Waals surface area contributed by atoms with Gasteiger partial charge in [0, 0.05) is 5.41 Å². The summed E-state index contributed by atoms with van der Waals surface area (Å²) >= 11 is 1.30. The number of aromatic nitrogens is 3. The minimum atomic E-state index is -0.196. The fourth-order valence-electron chi connectivity index (χ4n) is 2.69. The molecular weight excluding hydrogens is 346 g/mol. The number of amides is 1. The molecule has 0 bridgehead atoms. The number of hydrogen-bond donors (Lipinski definition) is 2. The van der Waals surface area contributed by atoms with Crippen LogP contribution >= 0.6 is 11.8 Å². The Hall–Kier alpha value is -2.02. The van der Waals surface area contributed by atoms with Crippen LogP contribution in [0.3, 0.4) is 0 Å². The molecule has 1 aromatic heterocycles. The van der Waals surface area contributed by atoms with Gasteiger partial charge < -0.3 is 11.2 Å². The van der Waals surface area contributed by atoms with Gasteiger partial charge in [-0.1, -0.05) is 76.7 Å². The highest BCUT2D eigenvalue weighted by molar-refractivity contribution is 7.99. The van der Waals surface area contributed by atoms with Crippen LogP contribution in [0.15, 0.2) is 35.5 Å². The Labute approximate surface area is 159 Å². The Morgan fingerprint density at radius 1 is 1.23 bits per heavy atom.